The summed E-state index contributed by atoms with van der Waals surface area (Å²) in [5.41, 5.74) is 2.80. The average Bonchev–Trinajstić information content (AvgIpc) is 3.10. The maximum absolute atomic E-state index is 13.0. The van der Waals surface area contributed by atoms with Gasteiger partial charge in [-0.05, 0) is 49.0 Å². The SMILES string of the molecule is CC1=C(C(=O)NCc2nc3ccccc3s2)C(c2ccc(O)c(Cl)c2)NC(=S)N1. The summed E-state index contributed by atoms with van der Waals surface area (Å²) in [5, 5.41) is 20.2. The van der Waals surface area contributed by atoms with Gasteiger partial charge in [-0.2, -0.15) is 0 Å². The van der Waals surface area contributed by atoms with Crippen molar-refractivity contribution < 1.29 is 9.90 Å². The molecule has 1 unspecified atom stereocenters. The third-order valence-corrected chi connectivity index (χ3v) is 6.12. The summed E-state index contributed by atoms with van der Waals surface area (Å²) in [6.45, 7) is 2.12. The lowest BCUT2D eigenvalue weighted by Crippen LogP contribution is -2.46. The van der Waals surface area contributed by atoms with Gasteiger partial charge in [0.25, 0.3) is 5.91 Å². The predicted molar refractivity (Wildman–Crippen MR) is 119 cm³/mol. The van der Waals surface area contributed by atoms with Crippen molar-refractivity contribution >= 4 is 56.4 Å². The Bertz CT molecular complexity index is 1130. The molecule has 2 heterocycles. The number of hydrogen-bond acceptors (Lipinski definition) is 5. The molecule has 9 heteroatoms. The Balaban J connectivity index is 1.58. The number of aromatic nitrogens is 1. The molecule has 1 aromatic heterocycles. The summed E-state index contributed by atoms with van der Waals surface area (Å²) >= 11 is 12.9. The summed E-state index contributed by atoms with van der Waals surface area (Å²) in [4.78, 5) is 17.6. The van der Waals surface area contributed by atoms with Crippen LogP contribution in [0.25, 0.3) is 10.2 Å². The monoisotopic (exact) mass is 444 g/mol. The lowest BCUT2D eigenvalue weighted by molar-refractivity contribution is -0.118. The fourth-order valence-corrected chi connectivity index (χ4v) is 4.56. The second kappa shape index (κ2) is 7.98. The molecule has 1 aliphatic heterocycles. The lowest BCUT2D eigenvalue weighted by Gasteiger charge is -2.30. The number of carbonyl (C=O) groups is 1. The number of fused-ring (bicyclic) bond motifs is 1. The number of hydrogen-bond donors (Lipinski definition) is 4. The Morgan fingerprint density at radius 2 is 2.14 bits per heavy atom. The average molecular weight is 445 g/mol. The van der Waals surface area contributed by atoms with E-state index in [2.05, 4.69) is 20.9 Å². The van der Waals surface area contributed by atoms with Gasteiger partial charge in [0.1, 0.15) is 10.8 Å². The number of allylic oxidation sites excluding steroid dienone is 1. The Hall–Kier alpha value is -2.68. The minimum atomic E-state index is -0.489. The van der Waals surface area contributed by atoms with E-state index in [9.17, 15) is 9.90 Å². The fourth-order valence-electron chi connectivity index (χ4n) is 3.19. The number of phenolic OH excluding ortho intramolecular Hbond substituents is 1. The van der Waals surface area contributed by atoms with E-state index in [1.54, 1.807) is 30.4 Å². The molecule has 1 amide bonds. The number of rotatable bonds is 4. The maximum atomic E-state index is 13.0. The molecule has 6 nitrogen and oxygen atoms in total. The van der Waals surface area contributed by atoms with Crippen molar-refractivity contribution in [2.75, 3.05) is 0 Å². The first-order valence-corrected chi connectivity index (χ1v) is 10.4. The molecule has 29 heavy (non-hydrogen) atoms. The summed E-state index contributed by atoms with van der Waals surface area (Å²) in [7, 11) is 0. The van der Waals surface area contributed by atoms with Crippen molar-refractivity contribution in [1.82, 2.24) is 20.9 Å². The fraction of sp³-hybridized carbons (Fsp3) is 0.150. The molecule has 0 spiro atoms. The normalized spacial score (nSPS) is 16.5. The molecule has 148 valence electrons. The number of thiazole rings is 1. The first-order valence-electron chi connectivity index (χ1n) is 8.81. The van der Waals surface area contributed by atoms with E-state index < -0.39 is 6.04 Å². The predicted octanol–water partition coefficient (Wildman–Crippen LogP) is 3.76. The van der Waals surface area contributed by atoms with Crippen molar-refractivity contribution in [3.8, 4) is 5.75 Å². The minimum absolute atomic E-state index is 0.0190. The highest BCUT2D eigenvalue weighted by molar-refractivity contribution is 7.80. The van der Waals surface area contributed by atoms with Crippen LogP contribution >= 0.6 is 35.2 Å². The zero-order valence-corrected chi connectivity index (χ0v) is 17.7. The highest BCUT2D eigenvalue weighted by atomic mass is 35.5. The van der Waals surface area contributed by atoms with Crippen LogP contribution in [-0.2, 0) is 11.3 Å². The summed E-state index contributed by atoms with van der Waals surface area (Å²) in [6, 6.07) is 12.2. The van der Waals surface area contributed by atoms with Gasteiger partial charge >= 0.3 is 0 Å². The maximum Gasteiger partial charge on any atom is 0.251 e. The smallest absolute Gasteiger partial charge is 0.251 e. The molecule has 0 bridgehead atoms. The van der Waals surface area contributed by atoms with Crippen LogP contribution in [0.5, 0.6) is 5.75 Å². The van der Waals surface area contributed by atoms with Gasteiger partial charge in [0.05, 0.1) is 33.4 Å². The lowest BCUT2D eigenvalue weighted by atomic mass is 9.95. The Labute approximate surface area is 181 Å². The molecule has 0 saturated carbocycles. The number of thiocarbonyl (C=S) groups is 1. The largest absolute Gasteiger partial charge is 0.506 e. The van der Waals surface area contributed by atoms with Crippen LogP contribution in [0.1, 0.15) is 23.5 Å². The number of aromatic hydroxyl groups is 1. The van der Waals surface area contributed by atoms with Crippen molar-refractivity contribution in [3.05, 3.63) is 69.3 Å². The van der Waals surface area contributed by atoms with E-state index in [1.165, 1.54) is 6.07 Å². The summed E-state index contributed by atoms with van der Waals surface area (Å²) < 4.78 is 1.08. The van der Waals surface area contributed by atoms with Crippen LogP contribution in [0, 0.1) is 0 Å². The minimum Gasteiger partial charge on any atom is -0.506 e. The number of amides is 1. The molecule has 0 aliphatic carbocycles. The van der Waals surface area contributed by atoms with Gasteiger partial charge in [0.15, 0.2) is 5.11 Å². The number of carbonyl (C=O) groups excluding carboxylic acids is 1. The zero-order chi connectivity index (χ0) is 20.5. The van der Waals surface area contributed by atoms with E-state index in [-0.39, 0.29) is 16.7 Å². The third kappa shape index (κ3) is 4.05. The van der Waals surface area contributed by atoms with Gasteiger partial charge in [-0.15, -0.1) is 11.3 Å². The van der Waals surface area contributed by atoms with Crippen LogP contribution < -0.4 is 16.0 Å². The van der Waals surface area contributed by atoms with Crippen LogP contribution in [0.2, 0.25) is 5.02 Å². The molecule has 0 fully saturated rings. The van der Waals surface area contributed by atoms with Gasteiger partial charge in [-0.1, -0.05) is 29.8 Å². The van der Waals surface area contributed by atoms with Crippen molar-refractivity contribution in [3.63, 3.8) is 0 Å². The number of phenols is 1. The standard InChI is InChI=1S/C20H17ClN4O2S2/c1-10-17(18(25-20(28)23-10)11-6-7-14(26)12(21)8-11)19(27)22-9-16-24-13-4-2-3-5-15(13)29-16/h2-8,18,26H,9H2,1H3,(H,22,27)(H2,23,25,28). The second-order valence-corrected chi connectivity index (χ2v) is 8.47. The molecule has 0 saturated heterocycles. The van der Waals surface area contributed by atoms with Crippen LogP contribution in [-0.4, -0.2) is 21.1 Å². The Kier molecular flexibility index (Phi) is 5.40. The molecule has 1 aliphatic rings. The molecular formula is C20H17ClN4O2S2. The van der Waals surface area contributed by atoms with Crippen LogP contribution in [0.3, 0.4) is 0 Å². The van der Waals surface area contributed by atoms with Crippen LogP contribution in [0.15, 0.2) is 53.7 Å². The van der Waals surface area contributed by atoms with Gasteiger partial charge < -0.3 is 21.1 Å². The summed E-state index contributed by atoms with van der Waals surface area (Å²) in [5.74, 6) is -0.257. The quantitative estimate of drug-likeness (QED) is 0.458. The third-order valence-electron chi connectivity index (χ3n) is 4.56. The van der Waals surface area contributed by atoms with Gasteiger partial charge in [0.2, 0.25) is 0 Å². The Morgan fingerprint density at radius 3 is 2.90 bits per heavy atom. The summed E-state index contributed by atoms with van der Waals surface area (Å²) in [6.07, 6.45) is 0. The van der Waals surface area contributed by atoms with Crippen molar-refractivity contribution in [2.45, 2.75) is 19.5 Å². The number of benzene rings is 2. The first-order chi connectivity index (χ1) is 13.9. The highest BCUT2D eigenvalue weighted by Gasteiger charge is 2.30. The number of para-hydroxylation sites is 1. The van der Waals surface area contributed by atoms with Crippen molar-refractivity contribution in [1.29, 1.82) is 0 Å². The number of nitrogens with zero attached hydrogens (tertiary/aromatic N) is 1. The second-order valence-electron chi connectivity index (χ2n) is 6.54. The van der Waals surface area contributed by atoms with E-state index >= 15 is 0 Å². The van der Waals surface area contributed by atoms with Crippen LogP contribution in [0.4, 0.5) is 0 Å². The van der Waals surface area contributed by atoms with Gasteiger partial charge in [-0.3, -0.25) is 4.79 Å². The number of nitrogens with one attached hydrogen (secondary N) is 3. The Morgan fingerprint density at radius 1 is 1.34 bits per heavy atom. The molecule has 0 radical (unpaired) electrons. The first kappa shape index (κ1) is 19.6. The highest BCUT2D eigenvalue weighted by Crippen LogP contribution is 2.32. The molecule has 1 atom stereocenters. The molecule has 4 N–H and O–H groups in total. The topological polar surface area (TPSA) is 86.3 Å². The van der Waals surface area contributed by atoms with E-state index in [0.29, 0.717) is 22.9 Å². The molecular weight excluding hydrogens is 428 g/mol. The zero-order valence-electron chi connectivity index (χ0n) is 15.3. The van der Waals surface area contributed by atoms with Gasteiger partial charge in [-0.25, -0.2) is 4.98 Å². The van der Waals surface area contributed by atoms with E-state index in [0.717, 1.165) is 20.8 Å². The molecule has 4 rings (SSSR count). The molecule has 2 aromatic carbocycles. The van der Waals surface area contributed by atoms with E-state index in [1.807, 2.05) is 24.3 Å². The number of halogens is 1. The van der Waals surface area contributed by atoms with Crippen molar-refractivity contribution in [2.24, 2.45) is 0 Å². The van der Waals surface area contributed by atoms with E-state index in [4.69, 9.17) is 23.8 Å². The molecule has 3 aromatic rings. The van der Waals surface area contributed by atoms with Gasteiger partial charge in [0, 0.05) is 5.70 Å².